The van der Waals surface area contributed by atoms with Crippen LogP contribution in [0.15, 0.2) is 29.2 Å². The first-order valence-electron chi connectivity index (χ1n) is 6.83. The van der Waals surface area contributed by atoms with Crippen LogP contribution in [0.2, 0.25) is 0 Å². The second kappa shape index (κ2) is 6.22. The Kier molecular flexibility index (Phi) is 4.80. The van der Waals surface area contributed by atoms with Crippen LogP contribution in [-0.2, 0) is 21.4 Å². The molecule has 1 fully saturated rings. The van der Waals surface area contributed by atoms with E-state index in [1.54, 1.807) is 24.3 Å². The molecule has 1 aromatic rings. The summed E-state index contributed by atoms with van der Waals surface area (Å²) in [5.74, 6) is 0. The molecule has 20 heavy (non-hydrogen) atoms. The smallest absolute Gasteiger partial charge is 0.243 e. The maximum Gasteiger partial charge on any atom is 0.243 e. The number of sulfonamides is 1. The minimum atomic E-state index is -3.61. The van der Waals surface area contributed by atoms with Crippen LogP contribution in [-0.4, -0.2) is 43.1 Å². The largest absolute Gasteiger partial charge is 0.392 e. The van der Waals surface area contributed by atoms with Crippen LogP contribution in [0.5, 0.6) is 0 Å². The van der Waals surface area contributed by atoms with Crippen molar-refractivity contribution < 1.29 is 18.3 Å². The maximum absolute atomic E-state index is 12.8. The van der Waals surface area contributed by atoms with Crippen LogP contribution in [0.4, 0.5) is 0 Å². The molecule has 6 heteroatoms. The van der Waals surface area contributed by atoms with Crippen LogP contribution in [0.25, 0.3) is 0 Å². The van der Waals surface area contributed by atoms with Crippen molar-refractivity contribution >= 4 is 10.0 Å². The standard InChI is InChI=1S/C14H21NO4S/c1-3-13-10-19-11(2)8-15(13)20(17,18)14-7-5-4-6-12(14)9-16/h4-7,11,13,16H,3,8-10H2,1-2H3. The third-order valence-electron chi connectivity index (χ3n) is 3.62. The lowest BCUT2D eigenvalue weighted by atomic mass is 10.2. The highest BCUT2D eigenvalue weighted by Gasteiger charge is 2.36. The van der Waals surface area contributed by atoms with E-state index in [2.05, 4.69) is 0 Å². The zero-order valence-corrected chi connectivity index (χ0v) is 12.6. The number of morpholine rings is 1. The lowest BCUT2D eigenvalue weighted by molar-refractivity contribution is -0.0230. The maximum atomic E-state index is 12.8. The summed E-state index contributed by atoms with van der Waals surface area (Å²) in [6.45, 7) is 4.29. The molecule has 0 aliphatic carbocycles. The summed E-state index contributed by atoms with van der Waals surface area (Å²) in [5, 5.41) is 9.35. The van der Waals surface area contributed by atoms with Gasteiger partial charge in [-0.25, -0.2) is 8.42 Å². The molecule has 1 aromatic carbocycles. The summed E-state index contributed by atoms with van der Waals surface area (Å²) in [6, 6.07) is 6.44. The van der Waals surface area contributed by atoms with Crippen molar-refractivity contribution in [2.75, 3.05) is 13.2 Å². The summed E-state index contributed by atoms with van der Waals surface area (Å²) in [7, 11) is -3.61. The van der Waals surface area contributed by atoms with Gasteiger partial charge in [0, 0.05) is 12.6 Å². The predicted octanol–water partition coefficient (Wildman–Crippen LogP) is 1.37. The summed E-state index contributed by atoms with van der Waals surface area (Å²) >= 11 is 0. The molecule has 1 N–H and O–H groups in total. The quantitative estimate of drug-likeness (QED) is 0.912. The summed E-state index contributed by atoms with van der Waals surface area (Å²) in [6.07, 6.45) is 0.585. The normalized spacial score (nSPS) is 24.8. The van der Waals surface area contributed by atoms with Crippen molar-refractivity contribution in [1.29, 1.82) is 0 Å². The molecule has 5 nitrogen and oxygen atoms in total. The molecule has 0 spiro atoms. The topological polar surface area (TPSA) is 66.8 Å². The Morgan fingerprint density at radius 3 is 2.75 bits per heavy atom. The van der Waals surface area contributed by atoms with E-state index in [0.717, 1.165) is 0 Å². The Bertz CT molecular complexity index is 558. The van der Waals surface area contributed by atoms with Crippen molar-refractivity contribution in [3.05, 3.63) is 29.8 Å². The van der Waals surface area contributed by atoms with Crippen LogP contribution < -0.4 is 0 Å². The van der Waals surface area contributed by atoms with E-state index < -0.39 is 10.0 Å². The average Bonchev–Trinajstić information content (AvgIpc) is 2.47. The molecular formula is C14H21NO4S. The number of hydrogen-bond acceptors (Lipinski definition) is 4. The van der Waals surface area contributed by atoms with E-state index >= 15 is 0 Å². The van der Waals surface area contributed by atoms with Gasteiger partial charge in [-0.1, -0.05) is 25.1 Å². The number of benzene rings is 1. The molecule has 1 aliphatic heterocycles. The Hall–Kier alpha value is -0.950. The molecular weight excluding hydrogens is 278 g/mol. The van der Waals surface area contributed by atoms with E-state index in [-0.39, 0.29) is 23.6 Å². The van der Waals surface area contributed by atoms with Crippen LogP contribution in [0, 0.1) is 0 Å². The van der Waals surface area contributed by atoms with Crippen molar-refractivity contribution in [1.82, 2.24) is 4.31 Å². The highest BCUT2D eigenvalue weighted by molar-refractivity contribution is 7.89. The minimum absolute atomic E-state index is 0.117. The zero-order chi connectivity index (χ0) is 14.8. The van der Waals surface area contributed by atoms with Gasteiger partial charge in [-0.2, -0.15) is 4.31 Å². The van der Waals surface area contributed by atoms with E-state index in [9.17, 15) is 13.5 Å². The molecule has 1 saturated heterocycles. The first-order chi connectivity index (χ1) is 9.50. The van der Waals surface area contributed by atoms with Gasteiger partial charge < -0.3 is 9.84 Å². The van der Waals surface area contributed by atoms with Gasteiger partial charge in [-0.05, 0) is 25.0 Å². The average molecular weight is 299 g/mol. The number of hydrogen-bond donors (Lipinski definition) is 1. The highest BCUT2D eigenvalue weighted by Crippen LogP contribution is 2.26. The van der Waals surface area contributed by atoms with E-state index in [1.807, 2.05) is 13.8 Å². The van der Waals surface area contributed by atoms with E-state index in [4.69, 9.17) is 4.74 Å². The Morgan fingerprint density at radius 1 is 1.40 bits per heavy atom. The van der Waals surface area contributed by atoms with Gasteiger partial charge in [0.25, 0.3) is 0 Å². The molecule has 0 aromatic heterocycles. The van der Waals surface area contributed by atoms with Crippen molar-refractivity contribution in [3.63, 3.8) is 0 Å². The van der Waals surface area contributed by atoms with Crippen molar-refractivity contribution in [3.8, 4) is 0 Å². The second-order valence-electron chi connectivity index (χ2n) is 5.05. The summed E-state index contributed by atoms with van der Waals surface area (Å²) < 4.78 is 32.7. The van der Waals surface area contributed by atoms with Gasteiger partial charge in [0.05, 0.1) is 24.2 Å². The SMILES string of the molecule is CCC1COC(C)CN1S(=O)(=O)c1ccccc1CO. The molecule has 0 radical (unpaired) electrons. The molecule has 0 amide bonds. The Labute approximate surface area is 120 Å². The molecule has 0 bridgehead atoms. The van der Waals surface area contributed by atoms with Gasteiger partial charge in [0.1, 0.15) is 0 Å². The number of aliphatic hydroxyl groups excluding tert-OH is 1. The number of ether oxygens (including phenoxy) is 1. The van der Waals surface area contributed by atoms with Crippen molar-refractivity contribution in [2.24, 2.45) is 0 Å². The summed E-state index contributed by atoms with van der Waals surface area (Å²) in [4.78, 5) is 0.190. The second-order valence-corrected chi connectivity index (χ2v) is 6.91. The monoisotopic (exact) mass is 299 g/mol. The lowest BCUT2D eigenvalue weighted by Crippen LogP contribution is -2.51. The van der Waals surface area contributed by atoms with Crippen molar-refractivity contribution in [2.45, 2.75) is 43.9 Å². The number of rotatable bonds is 4. The molecule has 2 rings (SSSR count). The molecule has 1 aliphatic rings. The molecule has 112 valence electrons. The van der Waals surface area contributed by atoms with Gasteiger partial charge in [-0.3, -0.25) is 0 Å². The fourth-order valence-corrected chi connectivity index (χ4v) is 4.42. The van der Waals surface area contributed by atoms with Gasteiger partial charge >= 0.3 is 0 Å². The molecule has 0 saturated carbocycles. The fourth-order valence-electron chi connectivity index (χ4n) is 2.44. The third kappa shape index (κ3) is 2.88. The first-order valence-corrected chi connectivity index (χ1v) is 8.27. The Balaban J connectivity index is 2.42. The molecule has 2 unspecified atom stereocenters. The summed E-state index contributed by atoms with van der Waals surface area (Å²) in [5.41, 5.74) is 0.432. The zero-order valence-electron chi connectivity index (χ0n) is 11.8. The fraction of sp³-hybridized carbons (Fsp3) is 0.571. The van der Waals surface area contributed by atoms with E-state index in [1.165, 1.54) is 4.31 Å². The first kappa shape index (κ1) is 15.4. The lowest BCUT2D eigenvalue weighted by Gasteiger charge is -2.37. The molecule has 2 atom stereocenters. The third-order valence-corrected chi connectivity index (χ3v) is 5.64. The van der Waals surface area contributed by atoms with Crippen LogP contribution in [0.3, 0.4) is 0 Å². The number of nitrogens with zero attached hydrogens (tertiary/aromatic N) is 1. The van der Waals surface area contributed by atoms with Crippen LogP contribution >= 0.6 is 0 Å². The highest BCUT2D eigenvalue weighted by atomic mass is 32.2. The van der Waals surface area contributed by atoms with Gasteiger partial charge in [-0.15, -0.1) is 0 Å². The van der Waals surface area contributed by atoms with Crippen LogP contribution in [0.1, 0.15) is 25.8 Å². The van der Waals surface area contributed by atoms with E-state index in [0.29, 0.717) is 25.1 Å². The van der Waals surface area contributed by atoms with Gasteiger partial charge in [0.15, 0.2) is 0 Å². The molecule has 1 heterocycles. The predicted molar refractivity (Wildman–Crippen MR) is 75.7 cm³/mol. The minimum Gasteiger partial charge on any atom is -0.392 e. The number of aliphatic hydroxyl groups is 1. The van der Waals surface area contributed by atoms with Gasteiger partial charge in [0.2, 0.25) is 10.0 Å². The Morgan fingerprint density at radius 2 is 2.10 bits per heavy atom.